The van der Waals surface area contributed by atoms with Gasteiger partial charge in [0.05, 0.1) is 41.3 Å². The van der Waals surface area contributed by atoms with E-state index in [1.807, 2.05) is 35.7 Å². The molecule has 2 unspecified atom stereocenters. The van der Waals surface area contributed by atoms with Crippen LogP contribution in [-0.2, 0) is 4.79 Å². The summed E-state index contributed by atoms with van der Waals surface area (Å²) < 4.78 is 12.9. The number of rotatable bonds is 8. The van der Waals surface area contributed by atoms with E-state index in [1.165, 1.54) is 20.6 Å². The molecule has 0 saturated carbocycles. The summed E-state index contributed by atoms with van der Waals surface area (Å²) >= 11 is 13.6. The van der Waals surface area contributed by atoms with Gasteiger partial charge >= 0.3 is 0 Å². The van der Waals surface area contributed by atoms with Gasteiger partial charge in [0.15, 0.2) is 5.65 Å². The van der Waals surface area contributed by atoms with Crippen molar-refractivity contribution in [3.8, 4) is 22.6 Å². The molecule has 2 aliphatic rings. The molecule has 13 heteroatoms. The number of amides is 1. The van der Waals surface area contributed by atoms with Gasteiger partial charge in [-0.2, -0.15) is 4.98 Å². The highest BCUT2D eigenvalue weighted by Crippen LogP contribution is 2.47. The number of aromatic nitrogens is 4. The van der Waals surface area contributed by atoms with E-state index in [1.54, 1.807) is 19.2 Å². The monoisotopic (exact) mass is 672 g/mol. The molecule has 0 spiro atoms. The summed E-state index contributed by atoms with van der Waals surface area (Å²) in [5, 5.41) is 7.75. The Balaban J connectivity index is 1.30. The fourth-order valence-electron chi connectivity index (χ4n) is 6.61. The van der Waals surface area contributed by atoms with E-state index in [0.29, 0.717) is 78.9 Å². The number of imidazole rings is 1. The summed E-state index contributed by atoms with van der Waals surface area (Å²) in [6, 6.07) is 10.5. The highest BCUT2D eigenvalue weighted by Gasteiger charge is 2.43. The number of likely N-dealkylation sites (tertiary alicyclic amines) is 1. The summed E-state index contributed by atoms with van der Waals surface area (Å²) in [5.74, 6) is 0.928. The molecule has 0 radical (unpaired) electrons. The zero-order chi connectivity index (χ0) is 33.1. The quantitative estimate of drug-likeness (QED) is 0.173. The second-order valence-electron chi connectivity index (χ2n) is 12.2. The Hall–Kier alpha value is -4.58. The second-order valence-corrected chi connectivity index (χ2v) is 12.9. The van der Waals surface area contributed by atoms with Gasteiger partial charge in [-0.05, 0) is 51.6 Å². The number of aryl methyl sites for hydroxylation is 1. The number of ether oxygens (including phenoxy) is 2. The third-order valence-corrected chi connectivity index (χ3v) is 9.54. The van der Waals surface area contributed by atoms with Gasteiger partial charge < -0.3 is 29.9 Å². The molecule has 11 nitrogen and oxygen atoms in total. The van der Waals surface area contributed by atoms with Crippen LogP contribution in [0.4, 0.5) is 23.0 Å². The number of benzene rings is 2. The molecule has 2 saturated heterocycles. The van der Waals surface area contributed by atoms with Gasteiger partial charge in [-0.25, -0.2) is 9.97 Å². The van der Waals surface area contributed by atoms with Crippen LogP contribution >= 0.6 is 23.2 Å². The van der Waals surface area contributed by atoms with Crippen LogP contribution in [0.2, 0.25) is 10.0 Å². The average molecular weight is 674 g/mol. The first-order valence-electron chi connectivity index (χ1n) is 15.2. The predicted molar refractivity (Wildman–Crippen MR) is 187 cm³/mol. The number of halogens is 2. The molecule has 2 aromatic carbocycles. The lowest BCUT2D eigenvalue weighted by Gasteiger charge is -2.57. The van der Waals surface area contributed by atoms with Gasteiger partial charge in [-0.15, -0.1) is 0 Å². The summed E-state index contributed by atoms with van der Waals surface area (Å²) in [4.78, 5) is 31.9. The SMILES string of the molecule is C=C(C)C(=O)Nc1cc(N2C3CC2CN(C)C3)ccc1Nc1ncc2cc(-c3c(Cl)c(OC)cc(OC)c3Cl)c3nc(C)cn3c2n1. The Kier molecular flexibility index (Phi) is 7.86. The lowest BCUT2D eigenvalue weighted by Crippen LogP contribution is -2.68. The first-order valence-corrected chi connectivity index (χ1v) is 15.9. The molecule has 0 aliphatic carbocycles. The molecule has 1 amide bonds. The Morgan fingerprint density at radius 2 is 1.70 bits per heavy atom. The largest absolute Gasteiger partial charge is 0.495 e. The number of likely N-dealkylation sites (N-methyl/N-ethyl adjacent to an activating group) is 1. The number of nitrogens with one attached hydrogen (secondary N) is 2. The van der Waals surface area contributed by atoms with E-state index in [9.17, 15) is 4.79 Å². The number of pyridine rings is 1. The number of hydrogen-bond donors (Lipinski definition) is 2. The van der Waals surface area contributed by atoms with E-state index in [2.05, 4.69) is 45.1 Å². The normalized spacial score (nSPS) is 17.5. The minimum absolute atomic E-state index is 0.261. The molecule has 47 heavy (non-hydrogen) atoms. The van der Waals surface area contributed by atoms with Crippen molar-refractivity contribution >= 4 is 68.8 Å². The van der Waals surface area contributed by atoms with Crippen LogP contribution < -0.4 is 25.0 Å². The number of carbonyl (C=O) groups is 1. The smallest absolute Gasteiger partial charge is 0.250 e. The van der Waals surface area contributed by atoms with Crippen molar-refractivity contribution in [1.82, 2.24) is 24.3 Å². The number of nitrogens with zero attached hydrogens (tertiary/aromatic N) is 6. The lowest BCUT2D eigenvalue weighted by molar-refractivity contribution is -0.112. The molecule has 2 bridgehead atoms. The number of piperidine rings is 1. The molecule has 7 rings (SSSR count). The number of methoxy groups -OCH3 is 2. The summed E-state index contributed by atoms with van der Waals surface area (Å²) in [7, 11) is 5.23. The third-order valence-electron chi connectivity index (χ3n) is 8.79. The van der Waals surface area contributed by atoms with Crippen LogP contribution in [-0.4, -0.2) is 76.6 Å². The summed E-state index contributed by atoms with van der Waals surface area (Å²) in [5.41, 5.74) is 5.94. The maximum absolute atomic E-state index is 12.8. The van der Waals surface area contributed by atoms with Crippen molar-refractivity contribution in [2.45, 2.75) is 32.4 Å². The highest BCUT2D eigenvalue weighted by molar-refractivity contribution is 6.41. The van der Waals surface area contributed by atoms with Gasteiger partial charge in [0.25, 0.3) is 5.91 Å². The van der Waals surface area contributed by atoms with Crippen LogP contribution in [0.3, 0.4) is 0 Å². The topological polar surface area (TPSA) is 109 Å². The number of anilines is 4. The Morgan fingerprint density at radius 1 is 1.00 bits per heavy atom. The van der Waals surface area contributed by atoms with Crippen LogP contribution in [0.5, 0.6) is 11.5 Å². The van der Waals surface area contributed by atoms with Gasteiger partial charge in [0, 0.05) is 71.4 Å². The molecule has 2 atom stereocenters. The van der Waals surface area contributed by atoms with E-state index >= 15 is 0 Å². The van der Waals surface area contributed by atoms with Crippen LogP contribution in [0.1, 0.15) is 19.0 Å². The molecule has 242 valence electrons. The van der Waals surface area contributed by atoms with Gasteiger partial charge in [0.2, 0.25) is 5.95 Å². The average Bonchev–Trinajstić information content (AvgIpc) is 3.44. The van der Waals surface area contributed by atoms with Gasteiger partial charge in [0.1, 0.15) is 17.1 Å². The van der Waals surface area contributed by atoms with E-state index in [4.69, 9.17) is 42.6 Å². The zero-order valence-electron chi connectivity index (χ0n) is 26.7. The maximum atomic E-state index is 12.8. The molecule has 2 N–H and O–H groups in total. The highest BCUT2D eigenvalue weighted by atomic mass is 35.5. The van der Waals surface area contributed by atoms with Crippen LogP contribution in [0.25, 0.3) is 27.8 Å². The minimum atomic E-state index is -0.261. The molecule has 5 aromatic rings. The van der Waals surface area contributed by atoms with Crippen LogP contribution in [0.15, 0.2) is 54.9 Å². The molecule has 2 aliphatic heterocycles. The Morgan fingerprint density at radius 3 is 2.36 bits per heavy atom. The number of piperazine rings is 1. The fraction of sp³-hybridized carbons (Fsp3) is 0.294. The van der Waals surface area contributed by atoms with E-state index in [0.717, 1.165) is 29.9 Å². The van der Waals surface area contributed by atoms with Crippen molar-refractivity contribution < 1.29 is 14.3 Å². The van der Waals surface area contributed by atoms with Crippen LogP contribution in [0, 0.1) is 6.92 Å². The van der Waals surface area contributed by atoms with Crippen molar-refractivity contribution in [3.63, 3.8) is 0 Å². The van der Waals surface area contributed by atoms with E-state index < -0.39 is 0 Å². The molecule has 3 aromatic heterocycles. The zero-order valence-corrected chi connectivity index (χ0v) is 28.2. The van der Waals surface area contributed by atoms with Crippen molar-refractivity contribution in [3.05, 3.63) is 70.6 Å². The summed E-state index contributed by atoms with van der Waals surface area (Å²) in [6.45, 7) is 9.44. The second kappa shape index (κ2) is 11.9. The predicted octanol–water partition coefficient (Wildman–Crippen LogP) is 6.73. The molecule has 2 fully saturated rings. The summed E-state index contributed by atoms with van der Waals surface area (Å²) in [6.07, 6.45) is 4.79. The molecular formula is C34H34Cl2N8O3. The van der Waals surface area contributed by atoms with Crippen molar-refractivity contribution in [1.29, 1.82) is 0 Å². The number of carbonyl (C=O) groups excluding carboxylic acids is 1. The lowest BCUT2D eigenvalue weighted by atomic mass is 9.87. The molecule has 5 heterocycles. The van der Waals surface area contributed by atoms with Crippen molar-refractivity contribution in [2.24, 2.45) is 0 Å². The first-order chi connectivity index (χ1) is 22.6. The van der Waals surface area contributed by atoms with Gasteiger partial charge in [-0.3, -0.25) is 9.20 Å². The fourth-order valence-corrected chi connectivity index (χ4v) is 7.31. The number of hydrogen-bond acceptors (Lipinski definition) is 9. The van der Waals surface area contributed by atoms with E-state index in [-0.39, 0.29) is 5.91 Å². The molecular weight excluding hydrogens is 639 g/mol. The standard InChI is InChI=1S/C34H34Cl2N8O3/c1-17(2)33(45)39-25-11-20(44-21-10-22(44)16-42(4)15-21)7-8-24(25)40-34-37-13-19-9-23(32-38-18(3)14-43(32)31(19)41-34)28-29(35)26(46-5)12-27(47-6)30(28)36/h7-9,11-14,21-22H,1,10,15-16H2,2-6H3,(H,39,45)(H,37,40,41). The third kappa shape index (κ3) is 5.38. The first kappa shape index (κ1) is 31.0. The maximum Gasteiger partial charge on any atom is 0.250 e. The minimum Gasteiger partial charge on any atom is -0.495 e. The van der Waals surface area contributed by atoms with Gasteiger partial charge in [-0.1, -0.05) is 29.8 Å². The Bertz CT molecular complexity index is 2060. The number of fused-ring (bicyclic) bond motifs is 5. The Labute approximate surface area is 282 Å². The van der Waals surface area contributed by atoms with Crippen molar-refractivity contribution in [2.75, 3.05) is 49.9 Å².